The zero-order valence-corrected chi connectivity index (χ0v) is 65.1. The molecular weight excluding hydrogens is 1460 g/mol. The van der Waals surface area contributed by atoms with Crippen molar-refractivity contribution >= 4 is 88.4 Å². The van der Waals surface area contributed by atoms with E-state index in [-0.39, 0.29) is 25.0 Å². The fourth-order valence-corrected chi connectivity index (χ4v) is 17.8. The average molecular weight is 1550 g/mol. The van der Waals surface area contributed by atoms with Crippen LogP contribution in [0.1, 0.15) is 61.2 Å². The monoisotopic (exact) mass is 1540 g/mol. The molecule has 0 atom stereocenters. The molecule has 4 aliphatic rings. The lowest BCUT2D eigenvalue weighted by atomic mass is 9.90. The average Bonchev–Trinajstić information content (AvgIpc) is 0.757. The fraction of sp³-hybridized carbons (Fsp3) is 0.149. The third kappa shape index (κ3) is 15.5. The summed E-state index contributed by atoms with van der Waals surface area (Å²) in [7, 11) is 0. The van der Waals surface area contributed by atoms with Gasteiger partial charge >= 0.3 is 12.4 Å². The molecule has 0 amide bonds. The van der Waals surface area contributed by atoms with Gasteiger partial charge in [0.15, 0.2) is 20.2 Å². The van der Waals surface area contributed by atoms with Gasteiger partial charge in [0.25, 0.3) is 0 Å². The second-order valence-corrected chi connectivity index (χ2v) is 30.9. The van der Waals surface area contributed by atoms with Gasteiger partial charge in [0, 0.05) is 92.8 Å². The molecule has 16 aromatic rings. The highest BCUT2D eigenvalue weighted by Crippen LogP contribution is 2.48. The topological polar surface area (TPSA) is 40.7 Å². The van der Waals surface area contributed by atoms with Crippen LogP contribution in [0.15, 0.2) is 314 Å². The van der Waals surface area contributed by atoms with Crippen molar-refractivity contribution in [3.8, 4) is 50.6 Å². The summed E-state index contributed by atoms with van der Waals surface area (Å²) in [4.78, 5) is 9.91. The van der Waals surface area contributed by atoms with Crippen molar-refractivity contribution < 1.29 is 40.6 Å². The minimum Gasteiger partial charge on any atom is -0.472 e. The van der Waals surface area contributed by atoms with E-state index in [2.05, 4.69) is 274 Å². The van der Waals surface area contributed by atoms with Crippen LogP contribution in [0.3, 0.4) is 0 Å². The first-order valence-electron chi connectivity index (χ1n) is 38.6. The molecular formula is C101H82F6N4O3S. The van der Waals surface area contributed by atoms with Gasteiger partial charge in [-0.1, -0.05) is 266 Å². The first-order chi connectivity index (χ1) is 55.8. The van der Waals surface area contributed by atoms with Gasteiger partial charge in [-0.05, 0) is 176 Å². The Hall–Kier alpha value is -12.7. The van der Waals surface area contributed by atoms with E-state index in [0.717, 1.165) is 81.8 Å². The molecule has 0 fully saturated rings. The van der Waals surface area contributed by atoms with E-state index in [9.17, 15) is 26.3 Å². The third-order valence-corrected chi connectivity index (χ3v) is 23.4. The number of fused-ring (bicyclic) bond motifs is 10. The largest absolute Gasteiger partial charge is 0.472 e. The SMILES string of the molecule is Cc1cc(C)c2c(c1)CN(c1c(C)cccc1C)CS2.Cc1ccc(N2COc3c(cccc3-c3c4ccccc4cc4ccccc34)C2)cc1.FC(F)(F)c1cc(N2COc3c(cccc3-c3cc4ccccc4c4ccccc34)C2)cc(C(F)(F)F)c1.c1ccc(N2COc3c(cccc3-c3cccc4ccccc34)C2)cc1. The molecule has 4 aliphatic heterocycles. The number of aryl methyl sites for hydroxylation is 5. The van der Waals surface area contributed by atoms with Gasteiger partial charge in [0.05, 0.1) is 17.0 Å². The number of anilines is 4. The van der Waals surface area contributed by atoms with Gasteiger partial charge in [-0.3, -0.25) is 0 Å². The van der Waals surface area contributed by atoms with Crippen LogP contribution >= 0.6 is 11.8 Å². The van der Waals surface area contributed by atoms with E-state index < -0.39 is 23.5 Å². The van der Waals surface area contributed by atoms with Crippen molar-refractivity contribution in [3.63, 3.8) is 0 Å². The summed E-state index contributed by atoms with van der Waals surface area (Å²) < 4.78 is 99.2. The number of hydrogen-bond donors (Lipinski definition) is 0. The quantitative estimate of drug-likeness (QED) is 0.0888. The van der Waals surface area contributed by atoms with Crippen molar-refractivity contribution in [2.24, 2.45) is 0 Å². The van der Waals surface area contributed by atoms with Crippen LogP contribution in [-0.4, -0.2) is 26.1 Å². The number of rotatable bonds is 7. The number of ether oxygens (including phenoxy) is 3. The first-order valence-corrected chi connectivity index (χ1v) is 39.6. The Kier molecular flexibility index (Phi) is 20.7. The molecule has 0 saturated carbocycles. The Bertz CT molecular complexity index is 6240. The highest BCUT2D eigenvalue weighted by molar-refractivity contribution is 7.99. The fourth-order valence-electron chi connectivity index (χ4n) is 16.7. The zero-order chi connectivity index (χ0) is 79.1. The van der Waals surface area contributed by atoms with Crippen molar-refractivity contribution in [1.29, 1.82) is 0 Å². The molecule has 0 spiro atoms. The van der Waals surface area contributed by atoms with Gasteiger partial charge in [-0.15, -0.1) is 11.8 Å². The van der Waals surface area contributed by atoms with E-state index in [1.165, 1.54) is 126 Å². The first kappa shape index (κ1) is 75.1. The van der Waals surface area contributed by atoms with Crippen molar-refractivity contribution in [2.75, 3.05) is 45.7 Å². The number of hydrogen-bond acceptors (Lipinski definition) is 8. The highest BCUT2D eigenvalue weighted by atomic mass is 32.2. The number of nitrogens with zero attached hydrogens (tertiary/aromatic N) is 4. The standard InChI is InChI=1S/C30H19F6NO.C29H23NO.C24H19NO.C18H21NS/c31-29(32,33)20-13-21(30(34,35)36)15-22(14-20)37-16-19-7-5-11-26(28(19)38-17-37)27-12-18-6-1-2-8-23(18)24-9-3-4-10-25(24)27;1-20-13-15-24(16-14-20)30-18-23-9-6-12-27(29(23)31-19-30)28-25-10-4-2-7-21(25)17-22-8-3-5-11-26(22)28;1-2-11-20(12-3-1)25-16-19-10-7-15-23(24(19)26-17-25)22-14-6-9-18-8-4-5-13-21(18)22;1-12-8-15(4)18-16(9-12)10-19(11-20-18)17-13(2)6-5-7-14(17)3/h1-15H,16-17H2;2-17H,18-19H2,1H3;1-15H,16-17H2;5-9H,10-11H2,1-4H3. The maximum absolute atomic E-state index is 13.4. The maximum atomic E-state index is 13.4. The molecule has 0 N–H and O–H groups in total. The lowest BCUT2D eigenvalue weighted by Gasteiger charge is -2.33. The van der Waals surface area contributed by atoms with E-state index in [1.807, 2.05) is 72.4 Å². The predicted molar refractivity (Wildman–Crippen MR) is 461 cm³/mol. The Morgan fingerprint density at radius 3 is 1.29 bits per heavy atom. The molecule has 115 heavy (non-hydrogen) atoms. The maximum Gasteiger partial charge on any atom is 0.416 e. The van der Waals surface area contributed by atoms with Crippen LogP contribution in [0.2, 0.25) is 0 Å². The van der Waals surface area contributed by atoms with Gasteiger partial charge in [-0.2, -0.15) is 26.3 Å². The molecule has 0 aliphatic carbocycles. The number of alkyl halides is 6. The number of para-hydroxylation sites is 5. The Balaban J connectivity index is 0.000000113. The van der Waals surface area contributed by atoms with Crippen molar-refractivity contribution in [3.05, 3.63) is 371 Å². The molecule has 20 rings (SSSR count). The minimum atomic E-state index is -4.92. The second kappa shape index (κ2) is 31.7. The lowest BCUT2D eigenvalue weighted by Crippen LogP contribution is -2.32. The molecule has 0 saturated heterocycles. The third-order valence-electron chi connectivity index (χ3n) is 22.1. The smallest absolute Gasteiger partial charge is 0.416 e. The van der Waals surface area contributed by atoms with Gasteiger partial charge in [-0.25, -0.2) is 0 Å². The van der Waals surface area contributed by atoms with Gasteiger partial charge < -0.3 is 33.8 Å². The van der Waals surface area contributed by atoms with Crippen molar-refractivity contribution in [2.45, 2.75) is 78.0 Å². The van der Waals surface area contributed by atoms with Gasteiger partial charge in [0.1, 0.15) is 17.2 Å². The normalized spacial score (nSPS) is 13.7. The summed E-state index contributed by atoms with van der Waals surface area (Å²) in [5.74, 6) is 3.62. The molecule has 572 valence electrons. The summed E-state index contributed by atoms with van der Waals surface area (Å²) in [5.41, 5.74) is 18.8. The summed E-state index contributed by atoms with van der Waals surface area (Å²) in [6.45, 7) is 14.7. The minimum absolute atomic E-state index is 0.0906. The van der Waals surface area contributed by atoms with Crippen LogP contribution in [0.4, 0.5) is 49.1 Å². The number of thioether (sulfide) groups is 1. The van der Waals surface area contributed by atoms with Crippen LogP contribution in [0, 0.1) is 34.6 Å². The van der Waals surface area contributed by atoms with Gasteiger partial charge in [0.2, 0.25) is 0 Å². The summed E-state index contributed by atoms with van der Waals surface area (Å²) >= 11 is 1.97. The summed E-state index contributed by atoms with van der Waals surface area (Å²) in [6.07, 6.45) is -9.84. The number of halogens is 6. The van der Waals surface area contributed by atoms with E-state index in [4.69, 9.17) is 14.2 Å². The molecule has 16 aromatic carbocycles. The van der Waals surface area contributed by atoms with E-state index in [0.29, 0.717) is 24.8 Å². The van der Waals surface area contributed by atoms with Crippen LogP contribution in [-0.2, 0) is 38.5 Å². The molecule has 0 bridgehead atoms. The lowest BCUT2D eigenvalue weighted by molar-refractivity contribution is -0.143. The molecule has 7 nitrogen and oxygen atoms in total. The Morgan fingerprint density at radius 1 is 0.287 bits per heavy atom. The second-order valence-electron chi connectivity index (χ2n) is 29.9. The summed E-state index contributed by atoms with van der Waals surface area (Å²) in [6, 6.07) is 103. The van der Waals surface area contributed by atoms with Crippen LogP contribution in [0.25, 0.3) is 87.2 Å². The molecule has 0 radical (unpaired) electrons. The number of benzene rings is 16. The van der Waals surface area contributed by atoms with E-state index in [1.54, 1.807) is 6.07 Å². The molecule has 0 unspecified atom stereocenters. The van der Waals surface area contributed by atoms with Crippen molar-refractivity contribution in [1.82, 2.24) is 0 Å². The van der Waals surface area contributed by atoms with Crippen LogP contribution < -0.4 is 33.8 Å². The predicted octanol–water partition coefficient (Wildman–Crippen LogP) is 27.2. The zero-order valence-electron chi connectivity index (χ0n) is 64.3. The van der Waals surface area contributed by atoms with E-state index >= 15 is 0 Å². The Labute approximate surface area is 669 Å². The molecule has 14 heteroatoms. The Morgan fingerprint density at radius 2 is 0.713 bits per heavy atom. The highest BCUT2D eigenvalue weighted by Gasteiger charge is 2.38. The van der Waals surface area contributed by atoms with Crippen LogP contribution in [0.5, 0.6) is 17.2 Å². The summed E-state index contributed by atoms with van der Waals surface area (Å²) in [5, 5.41) is 11.8. The molecule has 4 heterocycles. The molecule has 0 aromatic heterocycles.